The molecule has 1 heterocycles. The fourth-order valence-corrected chi connectivity index (χ4v) is 2.26. The van der Waals surface area contributed by atoms with Gasteiger partial charge >= 0.3 is 0 Å². The highest BCUT2D eigenvalue weighted by molar-refractivity contribution is 5.39. The molecule has 0 N–H and O–H groups in total. The van der Waals surface area contributed by atoms with Crippen molar-refractivity contribution in [2.45, 2.75) is 52.6 Å². The van der Waals surface area contributed by atoms with E-state index in [1.807, 2.05) is 0 Å². The number of ether oxygens (including phenoxy) is 1. The van der Waals surface area contributed by atoms with Crippen LogP contribution in [0.25, 0.3) is 0 Å². The zero-order valence-corrected chi connectivity index (χ0v) is 10.8. The fourth-order valence-electron chi connectivity index (χ4n) is 2.26. The zero-order valence-electron chi connectivity index (χ0n) is 10.8. The second-order valence-corrected chi connectivity index (χ2v) is 5.46. The van der Waals surface area contributed by atoms with Crippen LogP contribution in [-0.2, 0) is 6.42 Å². The van der Waals surface area contributed by atoms with Crippen LogP contribution in [0.1, 0.15) is 51.2 Å². The smallest absolute Gasteiger partial charge is 0.122 e. The minimum absolute atomic E-state index is 0.400. The van der Waals surface area contributed by atoms with E-state index < -0.39 is 0 Å². The Morgan fingerprint density at radius 3 is 2.56 bits per heavy atom. The van der Waals surface area contributed by atoms with Gasteiger partial charge in [0.1, 0.15) is 11.9 Å². The van der Waals surface area contributed by atoms with Crippen molar-refractivity contribution in [2.75, 3.05) is 0 Å². The van der Waals surface area contributed by atoms with E-state index in [2.05, 4.69) is 45.9 Å². The Morgan fingerprint density at radius 2 is 1.94 bits per heavy atom. The minimum atomic E-state index is 0.400. The largest absolute Gasteiger partial charge is 0.490 e. The molecule has 0 aliphatic carbocycles. The summed E-state index contributed by atoms with van der Waals surface area (Å²) in [7, 11) is 0. The molecule has 0 saturated carbocycles. The molecule has 0 spiro atoms. The molecule has 0 aromatic heterocycles. The lowest BCUT2D eigenvalue weighted by Gasteiger charge is -2.29. The highest BCUT2D eigenvalue weighted by Crippen LogP contribution is 2.32. The average molecular weight is 218 g/mol. The van der Waals surface area contributed by atoms with Gasteiger partial charge in [-0.1, -0.05) is 39.8 Å². The first-order chi connectivity index (χ1) is 7.58. The summed E-state index contributed by atoms with van der Waals surface area (Å²) < 4.78 is 6.03. The zero-order chi connectivity index (χ0) is 11.7. The number of rotatable bonds is 2. The van der Waals surface area contributed by atoms with Gasteiger partial charge in [0.15, 0.2) is 0 Å². The third-order valence-corrected chi connectivity index (χ3v) is 3.47. The Balaban J connectivity index is 2.22. The van der Waals surface area contributed by atoms with E-state index >= 15 is 0 Å². The van der Waals surface area contributed by atoms with E-state index in [0.717, 1.165) is 12.2 Å². The van der Waals surface area contributed by atoms with E-state index in [9.17, 15) is 0 Å². The molecule has 1 atom stereocenters. The van der Waals surface area contributed by atoms with Gasteiger partial charge in [-0.2, -0.15) is 0 Å². The summed E-state index contributed by atoms with van der Waals surface area (Å²) in [6, 6.07) is 6.67. The molecule has 1 nitrogen and oxygen atoms in total. The Hall–Kier alpha value is -0.980. The summed E-state index contributed by atoms with van der Waals surface area (Å²) in [4.78, 5) is 0. The Labute approximate surface area is 98.8 Å². The van der Waals surface area contributed by atoms with Crippen molar-refractivity contribution in [1.82, 2.24) is 0 Å². The maximum Gasteiger partial charge on any atom is 0.122 e. The van der Waals surface area contributed by atoms with Crippen molar-refractivity contribution in [3.8, 4) is 5.75 Å². The van der Waals surface area contributed by atoms with E-state index in [1.54, 1.807) is 0 Å². The lowest BCUT2D eigenvalue weighted by Crippen LogP contribution is -2.27. The van der Waals surface area contributed by atoms with Crippen molar-refractivity contribution < 1.29 is 4.74 Å². The van der Waals surface area contributed by atoms with E-state index in [4.69, 9.17) is 4.74 Å². The first-order valence-corrected chi connectivity index (χ1v) is 6.37. The number of benzene rings is 1. The number of hydrogen-bond acceptors (Lipinski definition) is 1. The molecule has 0 saturated heterocycles. The van der Waals surface area contributed by atoms with Crippen LogP contribution in [-0.4, -0.2) is 6.10 Å². The summed E-state index contributed by atoms with van der Waals surface area (Å²) in [5.41, 5.74) is 2.81. The van der Waals surface area contributed by atoms with Gasteiger partial charge in [-0.3, -0.25) is 0 Å². The molecule has 1 unspecified atom stereocenters. The summed E-state index contributed by atoms with van der Waals surface area (Å²) in [6.45, 7) is 8.95. The summed E-state index contributed by atoms with van der Waals surface area (Å²) in [5.74, 6) is 2.32. The second-order valence-electron chi connectivity index (χ2n) is 5.46. The van der Waals surface area contributed by atoms with Gasteiger partial charge in [0, 0.05) is 0 Å². The van der Waals surface area contributed by atoms with E-state index in [0.29, 0.717) is 17.9 Å². The maximum atomic E-state index is 6.03. The van der Waals surface area contributed by atoms with Crippen LogP contribution < -0.4 is 4.74 Å². The van der Waals surface area contributed by atoms with Crippen LogP contribution >= 0.6 is 0 Å². The number of aryl methyl sites for hydroxylation is 1. The molecule has 88 valence electrons. The average Bonchev–Trinajstić information content (AvgIpc) is 2.27. The minimum Gasteiger partial charge on any atom is -0.490 e. The molecular formula is C15H22O. The quantitative estimate of drug-likeness (QED) is 0.724. The highest BCUT2D eigenvalue weighted by Gasteiger charge is 2.22. The van der Waals surface area contributed by atoms with Crippen LogP contribution in [0.3, 0.4) is 0 Å². The van der Waals surface area contributed by atoms with Crippen LogP contribution in [0.4, 0.5) is 0 Å². The molecule has 0 radical (unpaired) electrons. The van der Waals surface area contributed by atoms with Crippen molar-refractivity contribution in [2.24, 2.45) is 5.92 Å². The lowest BCUT2D eigenvalue weighted by atomic mass is 9.92. The molecule has 16 heavy (non-hydrogen) atoms. The van der Waals surface area contributed by atoms with Crippen molar-refractivity contribution in [3.63, 3.8) is 0 Å². The third kappa shape index (κ3) is 2.23. The highest BCUT2D eigenvalue weighted by atomic mass is 16.5. The van der Waals surface area contributed by atoms with Gasteiger partial charge in [-0.15, -0.1) is 0 Å². The van der Waals surface area contributed by atoms with Gasteiger partial charge in [0.05, 0.1) is 0 Å². The molecule has 1 aliphatic rings. The molecule has 1 aromatic rings. The van der Waals surface area contributed by atoms with Crippen LogP contribution in [0.2, 0.25) is 0 Å². The number of hydrogen-bond donors (Lipinski definition) is 0. The predicted octanol–water partition coefficient (Wildman–Crippen LogP) is 4.16. The molecule has 0 fully saturated rings. The topological polar surface area (TPSA) is 9.23 Å². The molecule has 1 aliphatic heterocycles. The first kappa shape index (κ1) is 11.5. The summed E-state index contributed by atoms with van der Waals surface area (Å²) in [6.07, 6.45) is 2.72. The van der Waals surface area contributed by atoms with Crippen LogP contribution in [0.15, 0.2) is 18.2 Å². The Bertz CT molecular complexity index is 366. The van der Waals surface area contributed by atoms with Crippen molar-refractivity contribution in [3.05, 3.63) is 29.3 Å². The van der Waals surface area contributed by atoms with Gasteiger partial charge < -0.3 is 4.74 Å². The van der Waals surface area contributed by atoms with Gasteiger partial charge in [-0.05, 0) is 41.9 Å². The SMILES string of the molecule is CC(C)c1ccc2c(c1)CCC(C(C)C)O2. The Morgan fingerprint density at radius 1 is 1.19 bits per heavy atom. The van der Waals surface area contributed by atoms with Crippen LogP contribution in [0, 0.1) is 5.92 Å². The first-order valence-electron chi connectivity index (χ1n) is 6.37. The van der Waals surface area contributed by atoms with E-state index in [1.165, 1.54) is 17.5 Å². The summed E-state index contributed by atoms with van der Waals surface area (Å²) in [5, 5.41) is 0. The Kier molecular flexibility index (Phi) is 3.22. The number of fused-ring (bicyclic) bond motifs is 1. The predicted molar refractivity (Wildman–Crippen MR) is 68.1 cm³/mol. The van der Waals surface area contributed by atoms with Crippen LogP contribution in [0.5, 0.6) is 5.75 Å². The normalized spacial score (nSPS) is 19.8. The molecule has 0 bridgehead atoms. The second kappa shape index (κ2) is 4.48. The summed E-state index contributed by atoms with van der Waals surface area (Å²) >= 11 is 0. The fraction of sp³-hybridized carbons (Fsp3) is 0.600. The van der Waals surface area contributed by atoms with Gasteiger partial charge in [-0.25, -0.2) is 0 Å². The van der Waals surface area contributed by atoms with Crippen molar-refractivity contribution >= 4 is 0 Å². The van der Waals surface area contributed by atoms with Crippen molar-refractivity contribution in [1.29, 1.82) is 0 Å². The molecular weight excluding hydrogens is 196 g/mol. The maximum absolute atomic E-state index is 6.03. The van der Waals surface area contributed by atoms with E-state index in [-0.39, 0.29) is 0 Å². The molecule has 2 rings (SSSR count). The molecule has 1 aromatic carbocycles. The standard InChI is InChI=1S/C15H22O/c1-10(2)12-5-8-15-13(9-12)6-7-14(16-15)11(3)4/h5,8-11,14H,6-7H2,1-4H3. The van der Waals surface area contributed by atoms with Gasteiger partial charge in [0.2, 0.25) is 0 Å². The van der Waals surface area contributed by atoms with Gasteiger partial charge in [0.25, 0.3) is 0 Å². The molecule has 0 amide bonds. The third-order valence-electron chi connectivity index (χ3n) is 3.47. The lowest BCUT2D eigenvalue weighted by molar-refractivity contribution is 0.127. The monoisotopic (exact) mass is 218 g/mol. The molecule has 1 heteroatoms.